The number of carbonyl (C=O) groups excluding carboxylic acids is 3. The summed E-state index contributed by atoms with van der Waals surface area (Å²) in [6.45, 7) is 4.79. The highest BCUT2D eigenvalue weighted by molar-refractivity contribution is 5.86. The molecule has 5 N–H and O–H groups in total. The van der Waals surface area contributed by atoms with Gasteiger partial charge in [0.05, 0.1) is 25.0 Å². The van der Waals surface area contributed by atoms with Crippen LogP contribution in [0, 0.1) is 5.92 Å². The number of nitrogens with two attached hydrogens (primary N) is 1. The van der Waals surface area contributed by atoms with E-state index >= 15 is 0 Å². The lowest BCUT2D eigenvalue weighted by atomic mass is 10.0. The van der Waals surface area contributed by atoms with Gasteiger partial charge in [0.1, 0.15) is 11.9 Å². The Morgan fingerprint density at radius 3 is 2.32 bits per heavy atom. The number of methoxy groups -OCH3 is 1. The molecule has 2 heterocycles. The molecule has 1 aromatic heterocycles. The second kappa shape index (κ2) is 11.8. The fourth-order valence-corrected chi connectivity index (χ4v) is 4.69. The van der Waals surface area contributed by atoms with Gasteiger partial charge in [0, 0.05) is 13.1 Å². The Morgan fingerprint density at radius 2 is 1.71 bits per heavy atom. The van der Waals surface area contributed by atoms with E-state index in [1.54, 1.807) is 11.1 Å². The number of urea groups is 1. The van der Waals surface area contributed by atoms with Crippen molar-refractivity contribution in [1.29, 1.82) is 0 Å². The summed E-state index contributed by atoms with van der Waals surface area (Å²) in [5, 5.41) is 5.26. The number of benzene rings is 2. The predicted molar refractivity (Wildman–Crippen MR) is 144 cm³/mol. The van der Waals surface area contributed by atoms with Crippen molar-refractivity contribution in [2.45, 2.75) is 45.3 Å². The number of ether oxygens (including phenoxy) is 1. The van der Waals surface area contributed by atoms with Gasteiger partial charge < -0.3 is 31.0 Å². The number of imidazole rings is 1. The summed E-state index contributed by atoms with van der Waals surface area (Å²) in [5.74, 6) is 0.513. The molecule has 0 aliphatic carbocycles. The quantitative estimate of drug-likeness (QED) is 0.357. The van der Waals surface area contributed by atoms with E-state index in [1.807, 2.05) is 62.4 Å². The van der Waals surface area contributed by atoms with Crippen molar-refractivity contribution in [3.8, 4) is 22.4 Å². The molecule has 4 amide bonds. The first-order valence-electron chi connectivity index (χ1n) is 12.7. The van der Waals surface area contributed by atoms with Gasteiger partial charge in [-0.05, 0) is 41.0 Å². The van der Waals surface area contributed by atoms with Crippen molar-refractivity contribution in [2.24, 2.45) is 11.7 Å². The largest absolute Gasteiger partial charge is 0.453 e. The van der Waals surface area contributed by atoms with Gasteiger partial charge in [-0.2, -0.15) is 0 Å². The summed E-state index contributed by atoms with van der Waals surface area (Å²) in [7, 11) is 1.29. The number of nitrogens with zero attached hydrogens (tertiary/aromatic N) is 2. The van der Waals surface area contributed by atoms with Gasteiger partial charge in [-0.15, -0.1) is 0 Å². The Balaban J connectivity index is 1.46. The van der Waals surface area contributed by atoms with Crippen molar-refractivity contribution >= 4 is 18.0 Å². The van der Waals surface area contributed by atoms with Crippen molar-refractivity contribution in [3.05, 3.63) is 66.1 Å². The maximum atomic E-state index is 13.3. The third-order valence-electron chi connectivity index (χ3n) is 6.79. The first-order valence-corrected chi connectivity index (χ1v) is 12.7. The summed E-state index contributed by atoms with van der Waals surface area (Å²) in [5.41, 5.74) is 10.1. The molecule has 2 aromatic carbocycles. The summed E-state index contributed by atoms with van der Waals surface area (Å²) >= 11 is 0. The van der Waals surface area contributed by atoms with Crippen LogP contribution in [0.1, 0.15) is 44.1 Å². The van der Waals surface area contributed by atoms with Crippen LogP contribution in [0.15, 0.2) is 54.7 Å². The molecule has 1 aliphatic heterocycles. The van der Waals surface area contributed by atoms with E-state index in [0.29, 0.717) is 13.1 Å². The van der Waals surface area contributed by atoms with Crippen LogP contribution in [0.4, 0.5) is 9.59 Å². The van der Waals surface area contributed by atoms with Crippen LogP contribution in [0.5, 0.6) is 0 Å². The van der Waals surface area contributed by atoms with E-state index in [4.69, 9.17) is 10.5 Å². The molecule has 10 heteroatoms. The van der Waals surface area contributed by atoms with Gasteiger partial charge in [-0.1, -0.05) is 62.4 Å². The summed E-state index contributed by atoms with van der Waals surface area (Å²) < 4.78 is 4.71. The Labute approximate surface area is 222 Å². The minimum Gasteiger partial charge on any atom is -0.453 e. The van der Waals surface area contributed by atoms with Gasteiger partial charge >= 0.3 is 12.1 Å². The number of carbonyl (C=O) groups is 3. The average molecular weight is 519 g/mol. The minimum absolute atomic E-state index is 0.0865. The standard InChI is InChI=1S/C28H34N6O4/c1-17(2)24(33-28(37)38-3)26(35)34-14-4-5-23(34)25-30-16-22(32-25)21-12-10-20(11-13-21)19-8-6-18(7-9-19)15-31-27(29)36/h6-13,16-17,23-24H,4-5,14-15H2,1-3H3,(H,30,32)(H,33,37)(H3,29,31,36)/t23?,24-/m0/s1. The smallest absolute Gasteiger partial charge is 0.407 e. The highest BCUT2D eigenvalue weighted by Gasteiger charge is 2.37. The zero-order valence-corrected chi connectivity index (χ0v) is 21.9. The molecule has 38 heavy (non-hydrogen) atoms. The number of alkyl carbamates (subject to hydrolysis) is 1. The topological polar surface area (TPSA) is 142 Å². The number of aromatic amines is 1. The van der Waals surface area contributed by atoms with Crippen LogP contribution in [-0.4, -0.2) is 52.6 Å². The van der Waals surface area contributed by atoms with E-state index in [9.17, 15) is 14.4 Å². The van der Waals surface area contributed by atoms with E-state index in [0.717, 1.165) is 46.6 Å². The monoisotopic (exact) mass is 518 g/mol. The third kappa shape index (κ3) is 6.13. The summed E-state index contributed by atoms with van der Waals surface area (Å²) in [4.78, 5) is 45.9. The molecule has 1 unspecified atom stereocenters. The molecule has 3 aromatic rings. The van der Waals surface area contributed by atoms with E-state index in [2.05, 4.69) is 20.6 Å². The number of amides is 4. The molecule has 1 aliphatic rings. The van der Waals surface area contributed by atoms with Crippen LogP contribution in [-0.2, 0) is 16.1 Å². The molecule has 0 bridgehead atoms. The highest BCUT2D eigenvalue weighted by atomic mass is 16.5. The zero-order valence-electron chi connectivity index (χ0n) is 21.9. The Kier molecular flexibility index (Phi) is 8.30. The number of aromatic nitrogens is 2. The summed E-state index contributed by atoms with van der Waals surface area (Å²) in [6.07, 6.45) is 2.83. The van der Waals surface area contributed by atoms with Crippen LogP contribution in [0.3, 0.4) is 0 Å². The van der Waals surface area contributed by atoms with Gasteiger partial charge in [-0.3, -0.25) is 4.79 Å². The maximum Gasteiger partial charge on any atom is 0.407 e. The molecule has 10 nitrogen and oxygen atoms in total. The Morgan fingerprint density at radius 1 is 1.08 bits per heavy atom. The van der Waals surface area contributed by atoms with Crippen molar-refractivity contribution in [3.63, 3.8) is 0 Å². The molecule has 1 fully saturated rings. The lowest BCUT2D eigenvalue weighted by Gasteiger charge is -2.30. The van der Waals surface area contributed by atoms with Crippen LogP contribution in [0.25, 0.3) is 22.4 Å². The lowest BCUT2D eigenvalue weighted by molar-refractivity contribution is -0.135. The fourth-order valence-electron chi connectivity index (χ4n) is 4.69. The van der Waals surface area contributed by atoms with E-state index in [1.165, 1.54) is 7.11 Å². The predicted octanol–water partition coefficient (Wildman–Crippen LogP) is 3.96. The molecule has 2 atom stereocenters. The van der Waals surface area contributed by atoms with Gasteiger partial charge in [-0.25, -0.2) is 14.6 Å². The SMILES string of the molecule is COC(=O)N[C@H](C(=O)N1CCCC1c1ncc(-c2ccc(-c3ccc(CNC(N)=O)cc3)cc2)[nH]1)C(C)C. The number of hydrogen-bond acceptors (Lipinski definition) is 5. The third-order valence-corrected chi connectivity index (χ3v) is 6.79. The molecular formula is C28H34N6O4. The zero-order chi connectivity index (χ0) is 27.2. The number of nitrogens with one attached hydrogen (secondary N) is 3. The molecule has 0 saturated carbocycles. The van der Waals surface area contributed by atoms with Crippen LogP contribution < -0.4 is 16.4 Å². The molecule has 0 spiro atoms. The van der Waals surface area contributed by atoms with E-state index < -0.39 is 18.2 Å². The van der Waals surface area contributed by atoms with Gasteiger partial charge in [0.15, 0.2) is 0 Å². The second-order valence-electron chi connectivity index (χ2n) is 9.72. The Hall–Kier alpha value is -4.34. The van der Waals surface area contributed by atoms with Gasteiger partial charge in [0.2, 0.25) is 5.91 Å². The number of likely N-dealkylation sites (tertiary alicyclic amines) is 1. The number of H-pyrrole nitrogens is 1. The number of hydrogen-bond donors (Lipinski definition) is 4. The number of primary amides is 1. The van der Waals surface area contributed by atoms with E-state index in [-0.39, 0.29) is 17.9 Å². The molecular weight excluding hydrogens is 484 g/mol. The van der Waals surface area contributed by atoms with Crippen molar-refractivity contribution < 1.29 is 19.1 Å². The fraction of sp³-hybridized carbons (Fsp3) is 0.357. The molecule has 0 radical (unpaired) electrons. The molecule has 200 valence electrons. The summed E-state index contributed by atoms with van der Waals surface area (Å²) in [6, 6.07) is 14.7. The average Bonchev–Trinajstić information content (AvgIpc) is 3.60. The highest BCUT2D eigenvalue weighted by Crippen LogP contribution is 2.33. The first kappa shape index (κ1) is 26.7. The maximum absolute atomic E-state index is 13.3. The molecule has 4 rings (SSSR count). The second-order valence-corrected chi connectivity index (χ2v) is 9.72. The van der Waals surface area contributed by atoms with Crippen molar-refractivity contribution in [1.82, 2.24) is 25.5 Å². The molecule has 1 saturated heterocycles. The van der Waals surface area contributed by atoms with Crippen LogP contribution >= 0.6 is 0 Å². The van der Waals surface area contributed by atoms with Crippen molar-refractivity contribution in [2.75, 3.05) is 13.7 Å². The minimum atomic E-state index is -0.668. The van der Waals surface area contributed by atoms with Gasteiger partial charge in [0.25, 0.3) is 0 Å². The first-order chi connectivity index (χ1) is 18.3. The van der Waals surface area contributed by atoms with Crippen LogP contribution in [0.2, 0.25) is 0 Å². The normalized spacial score (nSPS) is 15.8. The Bertz CT molecular complexity index is 1270. The number of rotatable bonds is 8. The lowest BCUT2D eigenvalue weighted by Crippen LogP contribution is -2.51.